The molecule has 4 aromatic carbocycles. The third-order valence-electron chi connectivity index (χ3n) is 11.5. The van der Waals surface area contributed by atoms with Gasteiger partial charge in [0.1, 0.15) is 12.3 Å². The number of fused-ring (bicyclic) bond motifs is 10. The zero-order valence-corrected chi connectivity index (χ0v) is 24.5. The second kappa shape index (κ2) is 7.75. The molecule has 210 valence electrons. The van der Waals surface area contributed by atoms with Gasteiger partial charge in [-0.3, -0.25) is 0 Å². The van der Waals surface area contributed by atoms with Gasteiger partial charge in [0, 0.05) is 53.3 Å². The van der Waals surface area contributed by atoms with E-state index in [1.54, 1.807) is 0 Å². The summed E-state index contributed by atoms with van der Waals surface area (Å²) in [5, 5.41) is 0. The molecule has 5 aliphatic rings. The molecule has 0 N–H and O–H groups in total. The molecular formula is C37H32N6. The summed E-state index contributed by atoms with van der Waals surface area (Å²) in [7, 11) is 2.23. The van der Waals surface area contributed by atoms with Gasteiger partial charge in [0.25, 0.3) is 0 Å². The summed E-state index contributed by atoms with van der Waals surface area (Å²) in [6, 6.07) is 36.2. The van der Waals surface area contributed by atoms with E-state index in [4.69, 9.17) is 9.97 Å². The molecule has 0 amide bonds. The van der Waals surface area contributed by atoms with E-state index < -0.39 is 0 Å². The molecule has 1 aromatic heterocycles. The number of aromatic nitrogens is 2. The Balaban J connectivity index is 1.28. The fourth-order valence-corrected chi connectivity index (χ4v) is 9.67. The summed E-state index contributed by atoms with van der Waals surface area (Å²) in [4.78, 5) is 20.0. The van der Waals surface area contributed by atoms with Gasteiger partial charge >= 0.3 is 0 Å². The lowest BCUT2D eigenvalue weighted by Gasteiger charge is -2.60. The van der Waals surface area contributed by atoms with Gasteiger partial charge in [-0.05, 0) is 59.5 Å². The average molecular weight is 561 g/mol. The average Bonchev–Trinajstić information content (AvgIpc) is 3.74. The van der Waals surface area contributed by atoms with E-state index in [2.05, 4.69) is 138 Å². The maximum Gasteiger partial charge on any atom is 0.178 e. The largest absolute Gasteiger partial charge is 0.335 e. The van der Waals surface area contributed by atoms with Crippen molar-refractivity contribution in [3.63, 3.8) is 0 Å². The van der Waals surface area contributed by atoms with Crippen LogP contribution in [0, 0.1) is 5.41 Å². The van der Waals surface area contributed by atoms with Crippen LogP contribution in [-0.4, -0.2) is 29.3 Å². The van der Waals surface area contributed by atoms with Gasteiger partial charge in [-0.1, -0.05) is 74.5 Å². The van der Waals surface area contributed by atoms with Crippen LogP contribution < -0.4 is 19.6 Å². The fraction of sp³-hybridized carbons (Fsp3) is 0.243. The lowest BCUT2D eigenvalue weighted by Crippen LogP contribution is -2.66. The van der Waals surface area contributed by atoms with Crippen LogP contribution in [0.1, 0.15) is 36.5 Å². The first-order valence-electron chi connectivity index (χ1n) is 15.3. The Bertz CT molecular complexity index is 1960. The SMILES string of the molecule is CN1c2nccnc2N2c3ccc4cc3C(C)(C4)C(C)(C3c4ccccc4N4c5ccccc5N(c5ccccc5)C34)C12. The van der Waals surface area contributed by atoms with Crippen molar-refractivity contribution in [3.05, 3.63) is 126 Å². The van der Waals surface area contributed by atoms with Crippen molar-refractivity contribution in [1.29, 1.82) is 0 Å². The van der Waals surface area contributed by atoms with Crippen LogP contribution in [0.4, 0.5) is 40.1 Å². The number of benzene rings is 4. The Morgan fingerprint density at radius 2 is 1.35 bits per heavy atom. The van der Waals surface area contributed by atoms with Crippen molar-refractivity contribution >= 4 is 40.1 Å². The molecule has 0 saturated carbocycles. The second-order valence-electron chi connectivity index (χ2n) is 13.2. The third kappa shape index (κ3) is 2.59. The molecule has 5 heterocycles. The quantitative estimate of drug-likeness (QED) is 0.221. The van der Waals surface area contributed by atoms with Crippen LogP contribution in [0.5, 0.6) is 0 Å². The highest BCUT2D eigenvalue weighted by molar-refractivity contribution is 5.93. The van der Waals surface area contributed by atoms with Gasteiger partial charge in [-0.2, -0.15) is 0 Å². The fourth-order valence-electron chi connectivity index (χ4n) is 9.67. The lowest BCUT2D eigenvalue weighted by atomic mass is 9.51. The van der Waals surface area contributed by atoms with Gasteiger partial charge < -0.3 is 19.6 Å². The lowest BCUT2D eigenvalue weighted by molar-refractivity contribution is 0.0665. The standard InChI is InChI=1S/C37H32N6/c1-36-22-23-17-18-28(26(36)21-23)43-33-32(38-19-20-39-33)40(3)35(43)37(36,2)31-25-13-7-8-14-27(25)42-30-16-10-9-15-29(30)41(34(31)42)24-11-5-4-6-12-24/h4-21,31,34-35H,22H2,1-3H3. The van der Waals surface area contributed by atoms with E-state index in [0.717, 1.165) is 18.1 Å². The molecule has 6 nitrogen and oxygen atoms in total. The highest BCUT2D eigenvalue weighted by atomic mass is 15.5. The molecule has 4 aliphatic heterocycles. The smallest absolute Gasteiger partial charge is 0.178 e. The molecule has 43 heavy (non-hydrogen) atoms. The molecule has 2 bridgehead atoms. The van der Waals surface area contributed by atoms with Crippen LogP contribution in [0.3, 0.4) is 0 Å². The molecule has 5 atom stereocenters. The van der Waals surface area contributed by atoms with E-state index in [0.29, 0.717) is 0 Å². The Morgan fingerprint density at radius 1 is 0.674 bits per heavy atom. The molecule has 0 radical (unpaired) electrons. The maximum absolute atomic E-state index is 4.96. The summed E-state index contributed by atoms with van der Waals surface area (Å²) in [5.41, 5.74) is 10.3. The number of anilines is 7. The van der Waals surface area contributed by atoms with Crippen molar-refractivity contribution in [3.8, 4) is 0 Å². The molecule has 5 aromatic rings. The van der Waals surface area contributed by atoms with E-state index in [9.17, 15) is 0 Å². The highest BCUT2D eigenvalue weighted by Gasteiger charge is 2.70. The maximum atomic E-state index is 4.96. The first-order valence-corrected chi connectivity index (χ1v) is 15.3. The Morgan fingerprint density at radius 3 is 2.14 bits per heavy atom. The number of rotatable bonds is 2. The molecule has 6 heteroatoms. The summed E-state index contributed by atoms with van der Waals surface area (Å²) in [6.07, 6.45) is 4.80. The summed E-state index contributed by atoms with van der Waals surface area (Å²) in [5.74, 6) is 2.07. The van der Waals surface area contributed by atoms with E-state index >= 15 is 0 Å². The predicted octanol–water partition coefficient (Wildman–Crippen LogP) is 7.64. The van der Waals surface area contributed by atoms with Gasteiger partial charge in [0.05, 0.1) is 11.4 Å². The van der Waals surface area contributed by atoms with Crippen molar-refractivity contribution < 1.29 is 0 Å². The first kappa shape index (κ1) is 23.7. The van der Waals surface area contributed by atoms with Crippen LogP contribution in [0.25, 0.3) is 0 Å². The minimum Gasteiger partial charge on any atom is -0.335 e. The van der Waals surface area contributed by atoms with Crippen molar-refractivity contribution in [1.82, 2.24) is 9.97 Å². The predicted molar refractivity (Wildman–Crippen MR) is 172 cm³/mol. The Kier molecular flexibility index (Phi) is 4.27. The molecule has 1 aliphatic carbocycles. The van der Waals surface area contributed by atoms with E-state index in [1.807, 2.05) is 12.4 Å². The minimum absolute atomic E-state index is 0.0310. The van der Waals surface area contributed by atoms with Crippen molar-refractivity contribution in [2.45, 2.75) is 43.9 Å². The highest BCUT2D eigenvalue weighted by Crippen LogP contribution is 2.71. The Hall–Kier alpha value is -4.84. The topological polar surface area (TPSA) is 38.7 Å². The normalized spacial score (nSPS) is 28.5. The van der Waals surface area contributed by atoms with Gasteiger partial charge in [0.15, 0.2) is 11.6 Å². The van der Waals surface area contributed by atoms with Crippen molar-refractivity contribution in [2.24, 2.45) is 5.41 Å². The van der Waals surface area contributed by atoms with Gasteiger partial charge in [0.2, 0.25) is 0 Å². The zero-order chi connectivity index (χ0) is 28.7. The molecule has 5 unspecified atom stereocenters. The number of para-hydroxylation sites is 4. The van der Waals surface area contributed by atoms with Crippen LogP contribution in [-0.2, 0) is 11.8 Å². The minimum atomic E-state index is -0.252. The number of hydrogen-bond donors (Lipinski definition) is 0. The molecule has 0 spiro atoms. The van der Waals surface area contributed by atoms with E-state index in [-0.39, 0.29) is 29.1 Å². The number of hydrogen-bond acceptors (Lipinski definition) is 6. The summed E-state index contributed by atoms with van der Waals surface area (Å²) in [6.45, 7) is 5.11. The monoisotopic (exact) mass is 560 g/mol. The first-order chi connectivity index (χ1) is 21.0. The second-order valence-corrected chi connectivity index (χ2v) is 13.2. The van der Waals surface area contributed by atoms with Gasteiger partial charge in [-0.15, -0.1) is 0 Å². The van der Waals surface area contributed by atoms with Crippen molar-refractivity contribution in [2.75, 3.05) is 26.6 Å². The third-order valence-corrected chi connectivity index (χ3v) is 11.5. The molecular weight excluding hydrogens is 528 g/mol. The molecule has 10 rings (SSSR count). The van der Waals surface area contributed by atoms with Crippen LogP contribution in [0.15, 0.2) is 109 Å². The zero-order valence-electron chi connectivity index (χ0n) is 24.5. The van der Waals surface area contributed by atoms with E-state index in [1.165, 1.54) is 45.1 Å². The summed E-state index contributed by atoms with van der Waals surface area (Å²) < 4.78 is 0. The number of nitrogens with zero attached hydrogens (tertiary/aromatic N) is 6. The molecule has 0 saturated heterocycles. The molecule has 0 fully saturated rings. The summed E-state index contributed by atoms with van der Waals surface area (Å²) >= 11 is 0. The van der Waals surface area contributed by atoms with Gasteiger partial charge in [-0.25, -0.2) is 9.97 Å². The Labute approximate surface area is 251 Å². The van der Waals surface area contributed by atoms with Crippen LogP contribution in [0.2, 0.25) is 0 Å². The van der Waals surface area contributed by atoms with Crippen LogP contribution >= 0.6 is 0 Å².